The van der Waals surface area contributed by atoms with E-state index in [0.717, 1.165) is 24.8 Å². The monoisotopic (exact) mass is 291 g/mol. The summed E-state index contributed by atoms with van der Waals surface area (Å²) < 4.78 is 13.0. The summed E-state index contributed by atoms with van der Waals surface area (Å²) in [6.07, 6.45) is 2.86. The Morgan fingerprint density at radius 2 is 1.90 bits per heavy atom. The van der Waals surface area contributed by atoms with Crippen LogP contribution in [0.5, 0.6) is 0 Å². The summed E-state index contributed by atoms with van der Waals surface area (Å²) in [7, 11) is 0. The lowest BCUT2D eigenvalue weighted by atomic mass is 9.91. The topological polar surface area (TPSA) is 57.6 Å². The van der Waals surface area contributed by atoms with Crippen LogP contribution in [0.3, 0.4) is 0 Å². The minimum atomic E-state index is -0.834. The van der Waals surface area contributed by atoms with Crippen LogP contribution in [-0.2, 0) is 15.0 Å². The van der Waals surface area contributed by atoms with E-state index in [1.807, 2.05) is 0 Å². The second-order valence-corrected chi connectivity index (χ2v) is 6.02. The molecular weight excluding hydrogens is 273 g/mol. The molecule has 0 aromatic heterocycles. The van der Waals surface area contributed by atoms with Gasteiger partial charge in [-0.25, -0.2) is 4.39 Å². The Labute approximate surface area is 122 Å². The molecule has 0 radical (unpaired) electrons. The maximum Gasteiger partial charge on any atom is 0.308 e. The Bertz CT molecular complexity index is 565. The molecule has 21 heavy (non-hydrogen) atoms. The Balaban J connectivity index is 1.78. The van der Waals surface area contributed by atoms with Crippen molar-refractivity contribution in [1.82, 2.24) is 4.90 Å². The van der Waals surface area contributed by atoms with Crippen molar-refractivity contribution in [3.05, 3.63) is 35.6 Å². The van der Waals surface area contributed by atoms with Gasteiger partial charge in [0.1, 0.15) is 5.82 Å². The highest BCUT2D eigenvalue weighted by molar-refractivity contribution is 5.91. The number of halogens is 1. The zero-order valence-corrected chi connectivity index (χ0v) is 11.7. The third-order valence-corrected chi connectivity index (χ3v) is 4.61. The van der Waals surface area contributed by atoms with Crippen LogP contribution in [0.4, 0.5) is 4.39 Å². The largest absolute Gasteiger partial charge is 0.481 e. The van der Waals surface area contributed by atoms with Crippen LogP contribution in [0.15, 0.2) is 24.3 Å². The quantitative estimate of drug-likeness (QED) is 0.928. The van der Waals surface area contributed by atoms with E-state index in [2.05, 4.69) is 0 Å². The molecule has 1 saturated carbocycles. The number of likely N-dealkylation sites (tertiary alicyclic amines) is 1. The van der Waals surface area contributed by atoms with Gasteiger partial charge in [-0.05, 0) is 43.4 Å². The highest BCUT2D eigenvalue weighted by Crippen LogP contribution is 2.50. The fourth-order valence-corrected chi connectivity index (χ4v) is 3.19. The summed E-state index contributed by atoms with van der Waals surface area (Å²) in [6.45, 7) is 0.905. The molecule has 1 amide bonds. The molecule has 5 heteroatoms. The lowest BCUT2D eigenvalue weighted by Gasteiger charge is -2.33. The van der Waals surface area contributed by atoms with E-state index in [-0.39, 0.29) is 18.3 Å². The number of hydrogen-bond donors (Lipinski definition) is 1. The Morgan fingerprint density at radius 1 is 1.24 bits per heavy atom. The maximum atomic E-state index is 13.0. The summed E-state index contributed by atoms with van der Waals surface area (Å²) in [4.78, 5) is 25.6. The van der Waals surface area contributed by atoms with Crippen molar-refractivity contribution in [2.75, 3.05) is 13.1 Å². The summed E-state index contributed by atoms with van der Waals surface area (Å²) >= 11 is 0. The van der Waals surface area contributed by atoms with Crippen molar-refractivity contribution in [2.24, 2.45) is 5.92 Å². The van der Waals surface area contributed by atoms with Gasteiger partial charge in [0, 0.05) is 13.1 Å². The molecule has 0 spiro atoms. The first-order valence-corrected chi connectivity index (χ1v) is 7.31. The molecule has 112 valence electrons. The number of aliphatic carboxylic acids is 1. The first-order valence-electron chi connectivity index (χ1n) is 7.31. The number of carbonyl (C=O) groups excluding carboxylic acids is 1. The molecule has 1 aromatic rings. The summed E-state index contributed by atoms with van der Waals surface area (Å²) in [5, 5.41) is 9.12. The van der Waals surface area contributed by atoms with Gasteiger partial charge < -0.3 is 10.0 Å². The van der Waals surface area contributed by atoms with Crippen molar-refractivity contribution < 1.29 is 19.1 Å². The zero-order valence-electron chi connectivity index (χ0n) is 11.7. The Hall–Kier alpha value is -1.91. The SMILES string of the molecule is O=C(O)[C@@H]1CCCN(C(=O)C2(c3ccc(F)cc3)CC2)C1. The number of carboxylic acid groups (broad SMARTS) is 1. The summed E-state index contributed by atoms with van der Waals surface area (Å²) in [6, 6.07) is 6.08. The number of nitrogens with zero attached hydrogens (tertiary/aromatic N) is 1. The molecule has 1 aliphatic heterocycles. The van der Waals surface area contributed by atoms with Crippen LogP contribution in [0.1, 0.15) is 31.2 Å². The number of piperidine rings is 1. The molecule has 3 rings (SSSR count). The van der Waals surface area contributed by atoms with Gasteiger partial charge in [-0.1, -0.05) is 12.1 Å². The van der Waals surface area contributed by atoms with E-state index in [4.69, 9.17) is 5.11 Å². The fraction of sp³-hybridized carbons (Fsp3) is 0.500. The van der Waals surface area contributed by atoms with Crippen molar-refractivity contribution >= 4 is 11.9 Å². The highest BCUT2D eigenvalue weighted by Gasteiger charge is 2.53. The predicted molar refractivity (Wildman–Crippen MR) is 74.3 cm³/mol. The fourth-order valence-electron chi connectivity index (χ4n) is 3.19. The van der Waals surface area contributed by atoms with Gasteiger partial charge in [-0.3, -0.25) is 9.59 Å². The number of carbonyl (C=O) groups is 2. The van der Waals surface area contributed by atoms with Crippen LogP contribution >= 0.6 is 0 Å². The van der Waals surface area contributed by atoms with Gasteiger partial charge in [0.2, 0.25) is 5.91 Å². The normalized spacial score (nSPS) is 23.7. The van der Waals surface area contributed by atoms with E-state index in [9.17, 15) is 14.0 Å². The molecule has 1 saturated heterocycles. The minimum Gasteiger partial charge on any atom is -0.481 e. The molecule has 1 aliphatic carbocycles. The van der Waals surface area contributed by atoms with Crippen molar-refractivity contribution in [2.45, 2.75) is 31.1 Å². The highest BCUT2D eigenvalue weighted by atomic mass is 19.1. The first-order chi connectivity index (χ1) is 10.0. The number of benzene rings is 1. The first kappa shape index (κ1) is 14.0. The summed E-state index contributed by atoms with van der Waals surface area (Å²) in [5.41, 5.74) is 0.292. The van der Waals surface area contributed by atoms with E-state index >= 15 is 0 Å². The molecular formula is C16H18FNO3. The Kier molecular flexibility index (Phi) is 3.43. The van der Waals surface area contributed by atoms with Crippen LogP contribution < -0.4 is 0 Å². The van der Waals surface area contributed by atoms with Crippen LogP contribution in [0, 0.1) is 11.7 Å². The minimum absolute atomic E-state index is 0.0000539. The van der Waals surface area contributed by atoms with Crippen LogP contribution in [-0.4, -0.2) is 35.0 Å². The van der Waals surface area contributed by atoms with E-state index in [1.165, 1.54) is 12.1 Å². The molecule has 0 bridgehead atoms. The molecule has 2 aliphatic rings. The molecule has 2 fully saturated rings. The standard InChI is InChI=1S/C16H18FNO3/c17-13-5-3-12(4-6-13)16(7-8-16)15(21)18-9-1-2-11(10-18)14(19)20/h3-6,11H,1-2,7-10H2,(H,19,20)/t11-/m1/s1. The zero-order chi connectivity index (χ0) is 15.0. The van der Waals surface area contributed by atoms with Gasteiger partial charge in [0.25, 0.3) is 0 Å². The number of hydrogen-bond acceptors (Lipinski definition) is 2. The maximum absolute atomic E-state index is 13.0. The second-order valence-electron chi connectivity index (χ2n) is 6.02. The third kappa shape index (κ3) is 2.52. The smallest absolute Gasteiger partial charge is 0.308 e. The molecule has 0 unspecified atom stereocenters. The Morgan fingerprint density at radius 3 is 2.48 bits per heavy atom. The van der Waals surface area contributed by atoms with Crippen molar-refractivity contribution in [3.8, 4) is 0 Å². The average Bonchev–Trinajstić information content (AvgIpc) is 3.29. The summed E-state index contributed by atoms with van der Waals surface area (Å²) in [5.74, 6) is -1.61. The van der Waals surface area contributed by atoms with Gasteiger partial charge in [-0.2, -0.15) is 0 Å². The lowest BCUT2D eigenvalue weighted by molar-refractivity contribution is -0.146. The average molecular weight is 291 g/mol. The third-order valence-electron chi connectivity index (χ3n) is 4.61. The molecule has 1 N–H and O–H groups in total. The number of rotatable bonds is 3. The van der Waals surface area contributed by atoms with E-state index in [1.54, 1.807) is 17.0 Å². The van der Waals surface area contributed by atoms with Crippen molar-refractivity contribution in [1.29, 1.82) is 0 Å². The lowest BCUT2D eigenvalue weighted by Crippen LogP contribution is -2.46. The molecule has 4 nitrogen and oxygen atoms in total. The molecule has 1 atom stereocenters. The van der Waals surface area contributed by atoms with Gasteiger partial charge in [0.15, 0.2) is 0 Å². The number of carboxylic acids is 1. The predicted octanol–water partition coefficient (Wildman–Crippen LogP) is 2.18. The van der Waals surface area contributed by atoms with Crippen LogP contribution in [0.2, 0.25) is 0 Å². The van der Waals surface area contributed by atoms with Gasteiger partial charge in [0.05, 0.1) is 11.3 Å². The van der Waals surface area contributed by atoms with E-state index < -0.39 is 17.3 Å². The van der Waals surface area contributed by atoms with E-state index in [0.29, 0.717) is 13.0 Å². The van der Waals surface area contributed by atoms with Gasteiger partial charge in [-0.15, -0.1) is 0 Å². The number of amides is 1. The molecule has 1 aromatic carbocycles. The van der Waals surface area contributed by atoms with Gasteiger partial charge >= 0.3 is 5.97 Å². The second kappa shape index (κ2) is 5.13. The van der Waals surface area contributed by atoms with Crippen molar-refractivity contribution in [3.63, 3.8) is 0 Å². The molecule has 1 heterocycles. The van der Waals surface area contributed by atoms with Crippen LogP contribution in [0.25, 0.3) is 0 Å².